The first-order valence-corrected chi connectivity index (χ1v) is 9.70. The molecule has 28 heavy (non-hydrogen) atoms. The Morgan fingerprint density at radius 3 is 2.75 bits per heavy atom. The normalized spacial score (nSPS) is 10.8. The summed E-state index contributed by atoms with van der Waals surface area (Å²) in [4.78, 5) is 17.0. The molecule has 0 bridgehead atoms. The van der Waals surface area contributed by atoms with Crippen LogP contribution in [0.3, 0.4) is 0 Å². The number of benzene rings is 2. The number of aryl methyl sites for hydroxylation is 1. The van der Waals surface area contributed by atoms with Gasteiger partial charge in [-0.25, -0.2) is 9.37 Å². The minimum atomic E-state index is -0.332. The number of hydrogen-bond donors (Lipinski definition) is 1. The molecule has 0 saturated heterocycles. The molecule has 1 aromatic heterocycles. The van der Waals surface area contributed by atoms with E-state index < -0.39 is 0 Å². The number of carbonyl (C=O) groups excluding carboxylic acids is 1. The van der Waals surface area contributed by atoms with Gasteiger partial charge in [0.15, 0.2) is 5.13 Å². The smallest absolute Gasteiger partial charge is 0.261 e. The molecule has 7 heteroatoms. The molecule has 0 radical (unpaired) electrons. The molecule has 0 aliphatic rings. The lowest BCUT2D eigenvalue weighted by molar-refractivity contribution is 0.102. The predicted octanol–water partition coefficient (Wildman–Crippen LogP) is 5.21. The summed E-state index contributed by atoms with van der Waals surface area (Å²) >= 11 is 1.35. The molecular formula is C21H21FN2O3S. The molecule has 0 unspecified atom stereocenters. The summed E-state index contributed by atoms with van der Waals surface area (Å²) in [6, 6.07) is 11.2. The van der Waals surface area contributed by atoms with E-state index in [1.807, 2.05) is 26.2 Å². The van der Waals surface area contributed by atoms with E-state index in [0.29, 0.717) is 27.8 Å². The van der Waals surface area contributed by atoms with E-state index in [9.17, 15) is 9.18 Å². The number of hydrogen-bond acceptors (Lipinski definition) is 5. The summed E-state index contributed by atoms with van der Waals surface area (Å²) in [5.41, 5.74) is 1.89. The molecule has 5 nitrogen and oxygen atoms in total. The van der Waals surface area contributed by atoms with Crippen LogP contribution in [0.4, 0.5) is 9.52 Å². The highest BCUT2D eigenvalue weighted by molar-refractivity contribution is 7.13. The SMILES string of the molecule is Cc1csc(NC(=O)c2cc(OCc3cccc(F)c3)ccc2OC(C)C)n1. The van der Waals surface area contributed by atoms with Gasteiger partial charge in [-0.05, 0) is 56.7 Å². The van der Waals surface area contributed by atoms with Crippen molar-refractivity contribution in [2.75, 3.05) is 5.32 Å². The van der Waals surface area contributed by atoms with E-state index in [1.165, 1.54) is 23.5 Å². The number of carbonyl (C=O) groups is 1. The van der Waals surface area contributed by atoms with E-state index in [-0.39, 0.29) is 24.4 Å². The molecule has 0 spiro atoms. The first-order valence-electron chi connectivity index (χ1n) is 8.82. The molecule has 2 aromatic carbocycles. The zero-order chi connectivity index (χ0) is 20.1. The Bertz CT molecular complexity index is 972. The number of aromatic nitrogens is 1. The highest BCUT2D eigenvalue weighted by Gasteiger charge is 2.17. The van der Waals surface area contributed by atoms with Crippen molar-refractivity contribution in [2.45, 2.75) is 33.5 Å². The van der Waals surface area contributed by atoms with Gasteiger partial charge in [-0.1, -0.05) is 12.1 Å². The van der Waals surface area contributed by atoms with Gasteiger partial charge >= 0.3 is 0 Å². The van der Waals surface area contributed by atoms with Crippen LogP contribution in [0, 0.1) is 12.7 Å². The zero-order valence-electron chi connectivity index (χ0n) is 15.9. The second-order valence-electron chi connectivity index (χ2n) is 6.49. The van der Waals surface area contributed by atoms with Crippen LogP contribution in [0.15, 0.2) is 47.8 Å². The molecule has 1 N–H and O–H groups in total. The predicted molar refractivity (Wildman–Crippen MR) is 108 cm³/mol. The lowest BCUT2D eigenvalue weighted by atomic mass is 10.1. The largest absolute Gasteiger partial charge is 0.490 e. The Labute approximate surface area is 167 Å². The summed E-state index contributed by atoms with van der Waals surface area (Å²) in [6.07, 6.45) is -0.0901. The summed E-state index contributed by atoms with van der Waals surface area (Å²) in [5, 5.41) is 5.16. The average Bonchev–Trinajstić information content (AvgIpc) is 3.05. The summed E-state index contributed by atoms with van der Waals surface area (Å²) < 4.78 is 24.8. The van der Waals surface area contributed by atoms with Crippen LogP contribution in [-0.2, 0) is 6.61 Å². The maximum absolute atomic E-state index is 13.3. The Morgan fingerprint density at radius 1 is 1.25 bits per heavy atom. The first-order chi connectivity index (χ1) is 13.4. The van der Waals surface area contributed by atoms with Crippen molar-refractivity contribution in [2.24, 2.45) is 0 Å². The van der Waals surface area contributed by atoms with Crippen molar-refractivity contribution >= 4 is 22.4 Å². The van der Waals surface area contributed by atoms with Crippen LogP contribution in [0.2, 0.25) is 0 Å². The van der Waals surface area contributed by atoms with Crippen LogP contribution >= 0.6 is 11.3 Å². The number of anilines is 1. The lowest BCUT2D eigenvalue weighted by Crippen LogP contribution is -2.16. The second-order valence-corrected chi connectivity index (χ2v) is 7.35. The fraction of sp³-hybridized carbons (Fsp3) is 0.238. The zero-order valence-corrected chi connectivity index (χ0v) is 16.7. The maximum Gasteiger partial charge on any atom is 0.261 e. The van der Waals surface area contributed by atoms with Crippen molar-refractivity contribution in [1.29, 1.82) is 0 Å². The number of nitrogens with one attached hydrogen (secondary N) is 1. The average molecular weight is 400 g/mol. The number of amides is 1. The topological polar surface area (TPSA) is 60.5 Å². The van der Waals surface area contributed by atoms with Gasteiger partial charge in [-0.15, -0.1) is 11.3 Å². The third-order valence-electron chi connectivity index (χ3n) is 3.69. The highest BCUT2D eigenvalue weighted by atomic mass is 32.1. The molecule has 0 saturated carbocycles. The van der Waals surface area contributed by atoms with Gasteiger partial charge in [0.05, 0.1) is 17.4 Å². The van der Waals surface area contributed by atoms with Crippen molar-refractivity contribution < 1.29 is 18.7 Å². The number of thiazole rings is 1. The number of halogens is 1. The fourth-order valence-corrected chi connectivity index (χ4v) is 3.19. The van der Waals surface area contributed by atoms with E-state index in [1.54, 1.807) is 30.3 Å². The minimum absolute atomic E-state index is 0.0901. The number of rotatable bonds is 7. The van der Waals surface area contributed by atoms with Gasteiger partial charge in [0, 0.05) is 5.38 Å². The quantitative estimate of drug-likeness (QED) is 0.591. The van der Waals surface area contributed by atoms with Gasteiger partial charge in [-0.3, -0.25) is 10.1 Å². The number of ether oxygens (including phenoxy) is 2. The van der Waals surface area contributed by atoms with E-state index >= 15 is 0 Å². The first kappa shape index (κ1) is 19.8. The third-order valence-corrected chi connectivity index (χ3v) is 4.57. The van der Waals surface area contributed by atoms with E-state index in [0.717, 1.165) is 5.69 Å². The summed E-state index contributed by atoms with van der Waals surface area (Å²) in [6.45, 7) is 5.83. The molecule has 0 fully saturated rings. The Kier molecular flexibility index (Phi) is 6.26. The van der Waals surface area contributed by atoms with Gasteiger partial charge in [0.1, 0.15) is 23.9 Å². The van der Waals surface area contributed by atoms with E-state index in [4.69, 9.17) is 9.47 Å². The Balaban J connectivity index is 1.80. The van der Waals surface area contributed by atoms with Crippen LogP contribution in [0.1, 0.15) is 35.5 Å². The second kappa shape index (κ2) is 8.84. The van der Waals surface area contributed by atoms with Gasteiger partial charge in [0.25, 0.3) is 5.91 Å². The molecule has 3 rings (SSSR count). The Hall–Kier alpha value is -2.93. The maximum atomic E-state index is 13.3. The Morgan fingerprint density at radius 2 is 2.07 bits per heavy atom. The molecule has 1 heterocycles. The summed E-state index contributed by atoms with van der Waals surface area (Å²) in [7, 11) is 0. The third kappa shape index (κ3) is 5.29. The minimum Gasteiger partial charge on any atom is -0.490 e. The van der Waals surface area contributed by atoms with Crippen molar-refractivity contribution in [3.8, 4) is 11.5 Å². The highest BCUT2D eigenvalue weighted by Crippen LogP contribution is 2.27. The standard InChI is InChI=1S/C21H21FN2O3S/c1-13(2)27-19-8-7-17(26-11-15-5-4-6-16(22)9-15)10-18(19)20(25)24-21-23-14(3)12-28-21/h4-10,12-13H,11H2,1-3H3,(H,23,24,25). The molecule has 1 amide bonds. The molecule has 146 valence electrons. The van der Waals surface area contributed by atoms with Gasteiger partial charge < -0.3 is 9.47 Å². The van der Waals surface area contributed by atoms with Gasteiger partial charge in [-0.2, -0.15) is 0 Å². The number of nitrogens with zero attached hydrogens (tertiary/aromatic N) is 1. The van der Waals surface area contributed by atoms with Crippen LogP contribution in [0.5, 0.6) is 11.5 Å². The van der Waals surface area contributed by atoms with Crippen LogP contribution in [0.25, 0.3) is 0 Å². The molecule has 0 aliphatic carbocycles. The fourth-order valence-electron chi connectivity index (χ4n) is 2.50. The molecule has 3 aromatic rings. The molecule has 0 aliphatic heterocycles. The van der Waals surface area contributed by atoms with Gasteiger partial charge in [0.2, 0.25) is 0 Å². The van der Waals surface area contributed by atoms with Crippen LogP contribution < -0.4 is 14.8 Å². The summed E-state index contributed by atoms with van der Waals surface area (Å²) in [5.74, 6) is 0.293. The van der Waals surface area contributed by atoms with Crippen molar-refractivity contribution in [3.63, 3.8) is 0 Å². The molecule has 0 atom stereocenters. The van der Waals surface area contributed by atoms with E-state index in [2.05, 4.69) is 10.3 Å². The lowest BCUT2D eigenvalue weighted by Gasteiger charge is -2.15. The van der Waals surface area contributed by atoms with Crippen molar-refractivity contribution in [3.05, 3.63) is 70.5 Å². The van der Waals surface area contributed by atoms with Crippen LogP contribution in [-0.4, -0.2) is 17.0 Å². The van der Waals surface area contributed by atoms with Crippen molar-refractivity contribution in [1.82, 2.24) is 4.98 Å². The monoisotopic (exact) mass is 400 g/mol. The molecular weight excluding hydrogens is 379 g/mol.